The smallest absolute Gasteiger partial charge is 0.227 e. The van der Waals surface area contributed by atoms with Crippen molar-refractivity contribution in [1.82, 2.24) is 4.98 Å². The summed E-state index contributed by atoms with van der Waals surface area (Å²) in [5, 5.41) is 4.26. The number of rotatable bonds is 7. The first-order valence-corrected chi connectivity index (χ1v) is 21.8. The monoisotopic (exact) mass is 818 g/mol. The molecule has 0 bridgehead atoms. The number of benzene rings is 10. The van der Waals surface area contributed by atoms with Crippen molar-refractivity contribution in [2.45, 2.75) is 5.41 Å². The van der Waals surface area contributed by atoms with E-state index in [1.807, 2.05) is 24.3 Å². The summed E-state index contributed by atoms with van der Waals surface area (Å²) in [7, 11) is 0. The van der Waals surface area contributed by atoms with Gasteiger partial charge in [0.25, 0.3) is 0 Å². The van der Waals surface area contributed by atoms with Gasteiger partial charge >= 0.3 is 0 Å². The zero-order valence-corrected chi connectivity index (χ0v) is 34.7. The predicted molar refractivity (Wildman–Crippen MR) is 262 cm³/mol. The molecule has 4 heteroatoms. The number of hydrogen-bond donors (Lipinski definition) is 0. The average Bonchev–Trinajstić information content (AvgIpc) is 4.05. The van der Waals surface area contributed by atoms with Crippen molar-refractivity contribution in [3.8, 4) is 33.7 Å². The van der Waals surface area contributed by atoms with Crippen molar-refractivity contribution in [1.29, 1.82) is 0 Å². The van der Waals surface area contributed by atoms with E-state index in [2.05, 4.69) is 211 Å². The molecule has 300 valence electrons. The zero-order chi connectivity index (χ0) is 42.2. The molecular formula is C60H38N2O2. The number of aromatic nitrogens is 1. The molecule has 1 aliphatic rings. The Morgan fingerprint density at radius 2 is 1.02 bits per heavy atom. The van der Waals surface area contributed by atoms with Crippen LogP contribution in [0.15, 0.2) is 239 Å². The Balaban J connectivity index is 1.08. The minimum atomic E-state index is -0.505. The number of fused-ring (bicyclic) bond motifs is 8. The van der Waals surface area contributed by atoms with E-state index in [0.717, 1.165) is 72.0 Å². The third-order valence-electron chi connectivity index (χ3n) is 13.2. The molecule has 12 aromatic rings. The fourth-order valence-electron chi connectivity index (χ4n) is 10.4. The number of anilines is 3. The van der Waals surface area contributed by atoms with Crippen LogP contribution in [0.1, 0.15) is 22.3 Å². The molecule has 0 unspecified atom stereocenters. The van der Waals surface area contributed by atoms with Gasteiger partial charge in [-0.1, -0.05) is 170 Å². The maximum absolute atomic E-state index is 6.89. The SMILES string of the molecule is c1ccc(-c2ccc(N(c3ccc4c(c3)-c3ccccc3C4(c3ccccc3)c3ccccc3)c3c4ccccc4cc4oc5cc(-c6nc7ccccc7o6)ccc5c34)cc2)cc1. The second-order valence-corrected chi connectivity index (χ2v) is 16.6. The van der Waals surface area contributed by atoms with Crippen LogP contribution in [-0.4, -0.2) is 4.98 Å². The standard InChI is InChI=1S/C60H38N2O2/c1-4-16-39(17-5-1)40-28-31-45(32-29-40)62(46-33-35-52-50(38-46)48-24-12-13-25-51(48)60(52,43-19-6-2-7-20-43)44-21-8-3-9-22-44)58-47-23-11-10-18-41(47)36-56-57(58)49-34-30-42(37-55(49)63-56)59-61-53-26-14-15-27-54(53)64-59/h1-38H. The Labute approximate surface area is 369 Å². The minimum Gasteiger partial charge on any atom is -0.456 e. The van der Waals surface area contributed by atoms with E-state index in [1.165, 1.54) is 38.9 Å². The predicted octanol–water partition coefficient (Wildman–Crippen LogP) is 16.0. The first kappa shape index (κ1) is 36.2. The molecule has 0 spiro atoms. The quantitative estimate of drug-likeness (QED) is 0.161. The molecule has 0 N–H and O–H groups in total. The average molecular weight is 819 g/mol. The van der Waals surface area contributed by atoms with Crippen molar-refractivity contribution in [3.63, 3.8) is 0 Å². The maximum atomic E-state index is 6.89. The second-order valence-electron chi connectivity index (χ2n) is 16.6. The van der Waals surface area contributed by atoms with E-state index < -0.39 is 5.41 Å². The molecule has 0 saturated carbocycles. The Morgan fingerprint density at radius 3 is 1.80 bits per heavy atom. The molecule has 0 radical (unpaired) electrons. The van der Waals surface area contributed by atoms with Gasteiger partial charge in [-0.05, 0) is 111 Å². The highest BCUT2D eigenvalue weighted by Crippen LogP contribution is 2.58. The molecule has 4 nitrogen and oxygen atoms in total. The lowest BCUT2D eigenvalue weighted by Gasteiger charge is -2.34. The van der Waals surface area contributed by atoms with Crippen LogP contribution in [0, 0.1) is 0 Å². The summed E-state index contributed by atoms with van der Waals surface area (Å²) in [6.07, 6.45) is 0. The van der Waals surface area contributed by atoms with Gasteiger partial charge in [-0.2, -0.15) is 0 Å². The molecule has 10 aromatic carbocycles. The summed E-state index contributed by atoms with van der Waals surface area (Å²) in [5.74, 6) is 0.564. The highest BCUT2D eigenvalue weighted by Gasteiger charge is 2.46. The van der Waals surface area contributed by atoms with E-state index in [1.54, 1.807) is 0 Å². The fourth-order valence-corrected chi connectivity index (χ4v) is 10.4. The molecule has 13 rings (SSSR count). The lowest BCUT2D eigenvalue weighted by atomic mass is 9.68. The molecular weight excluding hydrogens is 781 g/mol. The maximum Gasteiger partial charge on any atom is 0.227 e. The summed E-state index contributed by atoms with van der Waals surface area (Å²) >= 11 is 0. The highest BCUT2D eigenvalue weighted by atomic mass is 16.3. The van der Waals surface area contributed by atoms with Crippen molar-refractivity contribution < 1.29 is 8.83 Å². The van der Waals surface area contributed by atoms with Crippen LogP contribution in [0.25, 0.3) is 77.5 Å². The zero-order valence-electron chi connectivity index (χ0n) is 34.7. The molecule has 0 atom stereocenters. The largest absolute Gasteiger partial charge is 0.456 e. The van der Waals surface area contributed by atoms with E-state index in [-0.39, 0.29) is 0 Å². The van der Waals surface area contributed by atoms with Gasteiger partial charge in [0, 0.05) is 27.7 Å². The van der Waals surface area contributed by atoms with Gasteiger partial charge in [-0.15, -0.1) is 0 Å². The molecule has 0 amide bonds. The van der Waals surface area contributed by atoms with Crippen molar-refractivity contribution >= 4 is 60.9 Å². The summed E-state index contributed by atoms with van der Waals surface area (Å²) in [4.78, 5) is 7.26. The van der Waals surface area contributed by atoms with Crippen LogP contribution in [0.2, 0.25) is 0 Å². The van der Waals surface area contributed by atoms with Crippen LogP contribution in [0.4, 0.5) is 17.1 Å². The topological polar surface area (TPSA) is 42.4 Å². The number of oxazole rings is 1. The minimum absolute atomic E-state index is 0.505. The highest BCUT2D eigenvalue weighted by molar-refractivity contribution is 6.22. The number of nitrogens with zero attached hydrogens (tertiary/aromatic N) is 2. The molecule has 64 heavy (non-hydrogen) atoms. The lowest BCUT2D eigenvalue weighted by molar-refractivity contribution is 0.619. The summed E-state index contributed by atoms with van der Waals surface area (Å²) in [6, 6.07) is 82.6. The summed E-state index contributed by atoms with van der Waals surface area (Å²) in [5.41, 5.74) is 16.5. The molecule has 1 aliphatic carbocycles. The van der Waals surface area contributed by atoms with Gasteiger partial charge in [-0.25, -0.2) is 4.98 Å². The van der Waals surface area contributed by atoms with Gasteiger partial charge in [0.1, 0.15) is 16.7 Å². The van der Waals surface area contributed by atoms with Gasteiger partial charge < -0.3 is 13.7 Å². The van der Waals surface area contributed by atoms with Crippen LogP contribution in [0.3, 0.4) is 0 Å². The third-order valence-corrected chi connectivity index (χ3v) is 13.2. The normalized spacial score (nSPS) is 12.8. The molecule has 2 heterocycles. The van der Waals surface area contributed by atoms with Crippen LogP contribution in [-0.2, 0) is 5.41 Å². The number of furan rings is 1. The van der Waals surface area contributed by atoms with E-state index in [4.69, 9.17) is 13.8 Å². The van der Waals surface area contributed by atoms with Crippen molar-refractivity contribution in [2.24, 2.45) is 0 Å². The van der Waals surface area contributed by atoms with Gasteiger partial charge in [0.15, 0.2) is 5.58 Å². The first-order valence-electron chi connectivity index (χ1n) is 21.8. The van der Waals surface area contributed by atoms with E-state index >= 15 is 0 Å². The Bertz CT molecular complexity index is 3650. The Morgan fingerprint density at radius 1 is 0.391 bits per heavy atom. The molecule has 2 aromatic heterocycles. The third kappa shape index (κ3) is 5.46. The van der Waals surface area contributed by atoms with E-state index in [0.29, 0.717) is 5.89 Å². The Hall–Kier alpha value is -8.47. The lowest BCUT2D eigenvalue weighted by Crippen LogP contribution is -2.28. The van der Waals surface area contributed by atoms with Crippen LogP contribution in [0.5, 0.6) is 0 Å². The molecule has 0 fully saturated rings. The van der Waals surface area contributed by atoms with E-state index in [9.17, 15) is 0 Å². The van der Waals surface area contributed by atoms with Crippen LogP contribution >= 0.6 is 0 Å². The van der Waals surface area contributed by atoms with Gasteiger partial charge in [0.2, 0.25) is 5.89 Å². The van der Waals surface area contributed by atoms with Crippen molar-refractivity contribution in [3.05, 3.63) is 253 Å². The second kappa shape index (κ2) is 14.3. The number of hydrogen-bond acceptors (Lipinski definition) is 4. The Kier molecular flexibility index (Phi) is 8.09. The first-order chi connectivity index (χ1) is 31.7. The summed E-state index contributed by atoms with van der Waals surface area (Å²) in [6.45, 7) is 0. The molecule has 0 aliphatic heterocycles. The van der Waals surface area contributed by atoms with Crippen LogP contribution < -0.4 is 4.90 Å². The molecule has 0 saturated heterocycles. The summed E-state index contributed by atoms with van der Waals surface area (Å²) < 4.78 is 13.1. The number of para-hydroxylation sites is 2. The van der Waals surface area contributed by atoms with Gasteiger partial charge in [0.05, 0.1) is 16.5 Å². The van der Waals surface area contributed by atoms with Crippen molar-refractivity contribution in [2.75, 3.05) is 4.90 Å². The fraction of sp³-hybridized carbons (Fsp3) is 0.0167. The van der Waals surface area contributed by atoms with Gasteiger partial charge in [-0.3, -0.25) is 0 Å².